The second-order valence-corrected chi connectivity index (χ2v) is 9.09. The molecule has 0 radical (unpaired) electrons. The molecular formula is C23H23N5OS2. The van der Waals surface area contributed by atoms with Crippen LogP contribution in [0.3, 0.4) is 0 Å². The zero-order valence-electron chi connectivity index (χ0n) is 17.4. The maximum Gasteiger partial charge on any atom is 0.230 e. The van der Waals surface area contributed by atoms with Gasteiger partial charge >= 0.3 is 0 Å². The molecule has 4 rings (SSSR count). The van der Waals surface area contributed by atoms with Gasteiger partial charge in [-0.05, 0) is 67.1 Å². The summed E-state index contributed by atoms with van der Waals surface area (Å²) in [5.41, 5.74) is 4.31. The van der Waals surface area contributed by atoms with Gasteiger partial charge in [-0.3, -0.25) is 14.3 Å². The molecule has 31 heavy (non-hydrogen) atoms. The van der Waals surface area contributed by atoms with Gasteiger partial charge in [-0.25, -0.2) is 0 Å². The lowest BCUT2D eigenvalue weighted by molar-refractivity contribution is -0.118. The summed E-state index contributed by atoms with van der Waals surface area (Å²) in [5.74, 6) is 0.997. The molecule has 0 aliphatic heterocycles. The molecule has 0 unspecified atom stereocenters. The standard InChI is InChI=1S/C23H23N5OS2/c1-16-5-6-19(14-17(16)2)28-22(18-7-10-24-11-8-18)26-27-23(28)31-15-21(29)25-12-9-20-4-3-13-30-20/h3-8,10-11,13-14H,9,12,15H2,1-2H3,(H,25,29). The maximum absolute atomic E-state index is 12.4. The van der Waals surface area contributed by atoms with Crippen LogP contribution < -0.4 is 5.32 Å². The molecule has 0 atom stereocenters. The summed E-state index contributed by atoms with van der Waals surface area (Å²) in [4.78, 5) is 17.7. The Balaban J connectivity index is 1.52. The minimum atomic E-state index is -0.0124. The number of thioether (sulfide) groups is 1. The van der Waals surface area contributed by atoms with E-state index in [1.165, 1.54) is 27.8 Å². The van der Waals surface area contributed by atoms with Gasteiger partial charge in [-0.1, -0.05) is 23.9 Å². The molecule has 6 nitrogen and oxygen atoms in total. The summed E-state index contributed by atoms with van der Waals surface area (Å²) in [5, 5.41) is 14.5. The van der Waals surface area contributed by atoms with E-state index in [9.17, 15) is 4.79 Å². The lowest BCUT2D eigenvalue weighted by Gasteiger charge is -2.12. The van der Waals surface area contributed by atoms with E-state index in [-0.39, 0.29) is 11.7 Å². The first-order chi connectivity index (χ1) is 15.1. The van der Waals surface area contributed by atoms with Crippen molar-refractivity contribution in [2.24, 2.45) is 0 Å². The molecule has 0 aliphatic carbocycles. The van der Waals surface area contributed by atoms with Crippen LogP contribution in [0.4, 0.5) is 0 Å². The van der Waals surface area contributed by atoms with Gasteiger partial charge in [-0.2, -0.15) is 0 Å². The molecule has 1 amide bonds. The first kappa shape index (κ1) is 21.3. The number of benzene rings is 1. The molecule has 1 aromatic carbocycles. The van der Waals surface area contributed by atoms with E-state index in [2.05, 4.69) is 58.6 Å². The van der Waals surface area contributed by atoms with E-state index < -0.39 is 0 Å². The number of nitrogens with one attached hydrogen (secondary N) is 1. The molecule has 4 aromatic rings. The molecule has 158 valence electrons. The Morgan fingerprint density at radius 1 is 1.10 bits per heavy atom. The second-order valence-electron chi connectivity index (χ2n) is 7.11. The van der Waals surface area contributed by atoms with Crippen LogP contribution in [-0.2, 0) is 11.2 Å². The van der Waals surface area contributed by atoms with E-state index in [1.54, 1.807) is 23.7 Å². The molecule has 3 heterocycles. The largest absolute Gasteiger partial charge is 0.355 e. The topological polar surface area (TPSA) is 72.7 Å². The van der Waals surface area contributed by atoms with Crippen molar-refractivity contribution in [3.8, 4) is 17.1 Å². The van der Waals surface area contributed by atoms with Crippen molar-refractivity contribution >= 4 is 29.0 Å². The number of hydrogen-bond acceptors (Lipinski definition) is 6. The zero-order chi connectivity index (χ0) is 21.6. The van der Waals surface area contributed by atoms with Crippen molar-refractivity contribution in [3.63, 3.8) is 0 Å². The Hall–Kier alpha value is -2.97. The van der Waals surface area contributed by atoms with Gasteiger partial charge in [-0.15, -0.1) is 21.5 Å². The van der Waals surface area contributed by atoms with Gasteiger partial charge in [0.25, 0.3) is 0 Å². The molecular weight excluding hydrogens is 426 g/mol. The zero-order valence-corrected chi connectivity index (χ0v) is 19.0. The minimum Gasteiger partial charge on any atom is -0.355 e. The van der Waals surface area contributed by atoms with E-state index in [1.807, 2.05) is 28.1 Å². The Morgan fingerprint density at radius 2 is 1.94 bits per heavy atom. The lowest BCUT2D eigenvalue weighted by Crippen LogP contribution is -2.27. The monoisotopic (exact) mass is 449 g/mol. The molecule has 0 spiro atoms. The number of nitrogens with zero attached hydrogens (tertiary/aromatic N) is 4. The van der Waals surface area contributed by atoms with Gasteiger partial charge in [0.1, 0.15) is 0 Å². The quantitative estimate of drug-likeness (QED) is 0.402. The van der Waals surface area contributed by atoms with Crippen LogP contribution in [0.1, 0.15) is 16.0 Å². The number of carbonyl (C=O) groups is 1. The van der Waals surface area contributed by atoms with Crippen LogP contribution in [0.25, 0.3) is 17.1 Å². The van der Waals surface area contributed by atoms with Crippen molar-refractivity contribution in [2.75, 3.05) is 12.3 Å². The van der Waals surface area contributed by atoms with E-state index in [4.69, 9.17) is 0 Å². The van der Waals surface area contributed by atoms with Crippen molar-refractivity contribution in [3.05, 3.63) is 76.2 Å². The predicted molar refractivity (Wildman–Crippen MR) is 126 cm³/mol. The highest BCUT2D eigenvalue weighted by Crippen LogP contribution is 2.28. The highest BCUT2D eigenvalue weighted by Gasteiger charge is 2.17. The van der Waals surface area contributed by atoms with Crippen LogP contribution in [0.2, 0.25) is 0 Å². The fourth-order valence-corrected chi connectivity index (χ4v) is 4.60. The van der Waals surface area contributed by atoms with Gasteiger partial charge in [0.15, 0.2) is 11.0 Å². The molecule has 8 heteroatoms. The number of aryl methyl sites for hydroxylation is 2. The van der Waals surface area contributed by atoms with Crippen molar-refractivity contribution < 1.29 is 4.79 Å². The van der Waals surface area contributed by atoms with Crippen LogP contribution in [0, 0.1) is 13.8 Å². The summed E-state index contributed by atoms with van der Waals surface area (Å²) in [6.07, 6.45) is 4.32. The molecule has 3 aromatic heterocycles. The van der Waals surface area contributed by atoms with Crippen LogP contribution in [0.5, 0.6) is 0 Å². The third-order valence-electron chi connectivity index (χ3n) is 4.93. The van der Waals surface area contributed by atoms with Gasteiger partial charge in [0, 0.05) is 29.4 Å². The van der Waals surface area contributed by atoms with Crippen LogP contribution in [-0.4, -0.2) is 38.0 Å². The van der Waals surface area contributed by atoms with Crippen molar-refractivity contribution in [1.29, 1.82) is 0 Å². The molecule has 0 saturated heterocycles. The average molecular weight is 450 g/mol. The number of rotatable bonds is 8. The van der Waals surface area contributed by atoms with E-state index >= 15 is 0 Å². The molecule has 0 aliphatic rings. The summed E-state index contributed by atoms with van der Waals surface area (Å²) >= 11 is 3.09. The average Bonchev–Trinajstić information content (AvgIpc) is 3.45. The Labute approximate surface area is 189 Å². The third kappa shape index (κ3) is 5.21. The summed E-state index contributed by atoms with van der Waals surface area (Å²) in [7, 11) is 0. The first-order valence-corrected chi connectivity index (χ1v) is 11.8. The smallest absolute Gasteiger partial charge is 0.230 e. The van der Waals surface area contributed by atoms with E-state index in [0.29, 0.717) is 11.7 Å². The van der Waals surface area contributed by atoms with Gasteiger partial charge in [0.05, 0.1) is 11.4 Å². The molecule has 0 fully saturated rings. The van der Waals surface area contributed by atoms with Crippen LogP contribution >= 0.6 is 23.1 Å². The molecule has 0 bridgehead atoms. The number of hydrogen-bond donors (Lipinski definition) is 1. The fraction of sp³-hybridized carbons (Fsp3) is 0.217. The SMILES string of the molecule is Cc1ccc(-n2c(SCC(=O)NCCc3cccs3)nnc2-c2ccncc2)cc1C. The Bertz CT molecular complexity index is 1160. The number of aromatic nitrogens is 4. The molecule has 0 saturated carbocycles. The van der Waals surface area contributed by atoms with Crippen LogP contribution in [0.15, 0.2) is 65.4 Å². The highest BCUT2D eigenvalue weighted by atomic mass is 32.2. The Kier molecular flexibility index (Phi) is 6.79. The van der Waals surface area contributed by atoms with Gasteiger partial charge in [0.2, 0.25) is 5.91 Å². The maximum atomic E-state index is 12.4. The molecule has 1 N–H and O–H groups in total. The summed E-state index contributed by atoms with van der Waals surface area (Å²) in [6, 6.07) is 14.2. The number of carbonyl (C=O) groups excluding carboxylic acids is 1. The van der Waals surface area contributed by atoms with Crippen molar-refractivity contribution in [1.82, 2.24) is 25.1 Å². The fourth-order valence-electron chi connectivity index (χ4n) is 3.11. The lowest BCUT2D eigenvalue weighted by atomic mass is 10.1. The normalized spacial score (nSPS) is 10.9. The number of thiophene rings is 1. The Morgan fingerprint density at radius 3 is 2.68 bits per heavy atom. The summed E-state index contributed by atoms with van der Waals surface area (Å²) in [6.45, 7) is 4.81. The number of amides is 1. The second kappa shape index (κ2) is 9.89. The highest BCUT2D eigenvalue weighted by molar-refractivity contribution is 7.99. The first-order valence-electron chi connectivity index (χ1n) is 9.97. The minimum absolute atomic E-state index is 0.0124. The summed E-state index contributed by atoms with van der Waals surface area (Å²) < 4.78 is 2.01. The third-order valence-corrected chi connectivity index (χ3v) is 6.79. The van der Waals surface area contributed by atoms with E-state index in [0.717, 1.165) is 23.5 Å². The van der Waals surface area contributed by atoms with Crippen molar-refractivity contribution in [2.45, 2.75) is 25.4 Å². The van der Waals surface area contributed by atoms with Gasteiger partial charge < -0.3 is 5.32 Å². The number of pyridine rings is 1. The predicted octanol–water partition coefficient (Wildman–Crippen LogP) is 4.46.